The average molecular weight is 494 g/mol. The molecule has 1 amide bonds. The quantitative estimate of drug-likeness (QED) is 0.490. The highest BCUT2D eigenvalue weighted by Crippen LogP contribution is 2.45. The third-order valence-corrected chi connectivity index (χ3v) is 6.15. The van der Waals surface area contributed by atoms with Gasteiger partial charge in [0.1, 0.15) is 0 Å². The van der Waals surface area contributed by atoms with Gasteiger partial charge >= 0.3 is 12.4 Å². The molecule has 0 bridgehead atoms. The third kappa shape index (κ3) is 6.24. The maximum atomic E-state index is 13.9. The van der Waals surface area contributed by atoms with Crippen LogP contribution in [-0.4, -0.2) is 29.5 Å². The lowest BCUT2D eigenvalue weighted by atomic mass is 9.68. The smallest absolute Gasteiger partial charge is 0.351 e. The molecule has 1 fully saturated rings. The van der Waals surface area contributed by atoms with Gasteiger partial charge in [0.15, 0.2) is 0 Å². The molecule has 0 atom stereocenters. The standard InChI is InChI=1S/C23H22F8N2O/c1-14-2-3-15(23(29,30)31)10-18(14)19(34)33-13-20(6-8-21(24,25)9-7-20)16-4-5-17(32-12-16)11-22(26,27)28/h2-5,10,12H,6-9,11,13H2,1H3,(H,33,34). The summed E-state index contributed by atoms with van der Waals surface area (Å²) >= 11 is 0. The molecule has 0 aliphatic heterocycles. The van der Waals surface area contributed by atoms with Crippen LogP contribution in [-0.2, 0) is 18.0 Å². The van der Waals surface area contributed by atoms with E-state index in [1.54, 1.807) is 0 Å². The molecule has 0 radical (unpaired) electrons. The van der Waals surface area contributed by atoms with E-state index in [-0.39, 0.29) is 30.6 Å². The van der Waals surface area contributed by atoms with E-state index in [1.807, 2.05) is 0 Å². The summed E-state index contributed by atoms with van der Waals surface area (Å²) in [4.78, 5) is 16.5. The van der Waals surface area contributed by atoms with E-state index >= 15 is 0 Å². The molecule has 186 valence electrons. The highest BCUT2D eigenvalue weighted by molar-refractivity contribution is 5.95. The van der Waals surface area contributed by atoms with Crippen LogP contribution in [0.4, 0.5) is 35.1 Å². The van der Waals surface area contributed by atoms with Gasteiger partial charge in [-0.05, 0) is 49.1 Å². The number of nitrogens with one attached hydrogen (secondary N) is 1. The van der Waals surface area contributed by atoms with Gasteiger partial charge in [-0.25, -0.2) is 8.78 Å². The first-order valence-corrected chi connectivity index (χ1v) is 10.5. The number of nitrogens with zero attached hydrogens (tertiary/aromatic N) is 1. The fraction of sp³-hybridized carbons (Fsp3) is 0.478. The fourth-order valence-corrected chi connectivity index (χ4v) is 4.10. The van der Waals surface area contributed by atoms with Crippen LogP contribution in [0.25, 0.3) is 0 Å². The molecule has 1 aliphatic carbocycles. The minimum atomic E-state index is -4.65. The second kappa shape index (κ2) is 9.14. The Morgan fingerprint density at radius 3 is 2.18 bits per heavy atom. The van der Waals surface area contributed by atoms with Crippen LogP contribution in [0.15, 0.2) is 36.5 Å². The lowest BCUT2D eigenvalue weighted by Crippen LogP contribution is -2.45. The van der Waals surface area contributed by atoms with Gasteiger partial charge in [0.2, 0.25) is 5.92 Å². The minimum Gasteiger partial charge on any atom is -0.351 e. The zero-order valence-electron chi connectivity index (χ0n) is 18.1. The van der Waals surface area contributed by atoms with Gasteiger partial charge < -0.3 is 5.32 Å². The Kier molecular flexibility index (Phi) is 6.96. The number of carbonyl (C=O) groups is 1. The number of pyridine rings is 1. The first-order valence-electron chi connectivity index (χ1n) is 10.5. The number of rotatable bonds is 5. The number of aromatic nitrogens is 1. The van der Waals surface area contributed by atoms with Crippen LogP contribution >= 0.6 is 0 Å². The molecule has 1 aliphatic rings. The van der Waals surface area contributed by atoms with Crippen molar-refractivity contribution in [3.05, 3.63) is 64.5 Å². The summed E-state index contributed by atoms with van der Waals surface area (Å²) < 4.78 is 105. The Morgan fingerprint density at radius 1 is 1.00 bits per heavy atom. The monoisotopic (exact) mass is 494 g/mol. The molecule has 0 unspecified atom stereocenters. The highest BCUT2D eigenvalue weighted by atomic mass is 19.4. The average Bonchev–Trinajstić information content (AvgIpc) is 2.72. The van der Waals surface area contributed by atoms with Crippen LogP contribution in [0.5, 0.6) is 0 Å². The van der Waals surface area contributed by atoms with Gasteiger partial charge in [0.05, 0.1) is 12.0 Å². The number of carbonyl (C=O) groups excluding carboxylic acids is 1. The number of hydrogen-bond donors (Lipinski definition) is 1. The Balaban J connectivity index is 1.85. The van der Waals surface area contributed by atoms with Gasteiger partial charge in [-0.15, -0.1) is 0 Å². The summed E-state index contributed by atoms with van der Waals surface area (Å²) in [7, 11) is 0. The summed E-state index contributed by atoms with van der Waals surface area (Å²) in [5, 5.41) is 2.55. The maximum absolute atomic E-state index is 13.9. The summed E-state index contributed by atoms with van der Waals surface area (Å²) in [6.07, 6.45) is -10.3. The van der Waals surface area contributed by atoms with E-state index in [9.17, 15) is 39.9 Å². The Hall–Kier alpha value is -2.72. The maximum Gasteiger partial charge on any atom is 0.416 e. The second-order valence-corrected chi connectivity index (χ2v) is 8.68. The Morgan fingerprint density at radius 2 is 1.65 bits per heavy atom. The molecular weight excluding hydrogens is 472 g/mol. The van der Waals surface area contributed by atoms with Crippen LogP contribution < -0.4 is 5.32 Å². The molecule has 3 rings (SSSR count). The van der Waals surface area contributed by atoms with Crippen molar-refractivity contribution in [2.24, 2.45) is 0 Å². The van der Waals surface area contributed by atoms with Crippen molar-refractivity contribution in [2.75, 3.05) is 6.54 Å². The van der Waals surface area contributed by atoms with Crippen LogP contribution in [0.2, 0.25) is 0 Å². The van der Waals surface area contributed by atoms with Crippen LogP contribution in [0, 0.1) is 6.92 Å². The molecule has 2 aromatic rings. The molecule has 1 aromatic carbocycles. The minimum absolute atomic E-state index is 0.0812. The summed E-state index contributed by atoms with van der Waals surface area (Å²) in [5.41, 5.74) is -1.81. The molecule has 0 spiro atoms. The topological polar surface area (TPSA) is 42.0 Å². The molecule has 34 heavy (non-hydrogen) atoms. The first kappa shape index (κ1) is 25.9. The van der Waals surface area contributed by atoms with E-state index in [0.717, 1.165) is 24.3 Å². The van der Waals surface area contributed by atoms with Crippen LogP contribution in [0.1, 0.15) is 58.4 Å². The molecular formula is C23H22F8N2O. The van der Waals surface area contributed by atoms with Crippen molar-refractivity contribution >= 4 is 5.91 Å². The summed E-state index contributed by atoms with van der Waals surface area (Å²) in [6.45, 7) is 1.28. The van der Waals surface area contributed by atoms with Gasteiger partial charge in [0.25, 0.3) is 5.91 Å². The van der Waals surface area contributed by atoms with Crippen molar-refractivity contribution in [1.29, 1.82) is 0 Å². The van der Waals surface area contributed by atoms with Crippen LogP contribution in [0.3, 0.4) is 0 Å². The molecule has 1 aromatic heterocycles. The largest absolute Gasteiger partial charge is 0.416 e. The molecule has 3 nitrogen and oxygen atoms in total. The fourth-order valence-electron chi connectivity index (χ4n) is 4.10. The van der Waals surface area contributed by atoms with E-state index < -0.39 is 54.4 Å². The van der Waals surface area contributed by atoms with Gasteiger partial charge in [0, 0.05) is 42.3 Å². The molecule has 1 heterocycles. The van der Waals surface area contributed by atoms with Gasteiger partial charge in [-0.3, -0.25) is 9.78 Å². The molecule has 1 saturated carbocycles. The van der Waals surface area contributed by atoms with E-state index in [2.05, 4.69) is 10.3 Å². The molecule has 11 heteroatoms. The van der Waals surface area contributed by atoms with Crippen molar-refractivity contribution < 1.29 is 39.9 Å². The Labute approximate surface area is 190 Å². The van der Waals surface area contributed by atoms with E-state index in [4.69, 9.17) is 0 Å². The molecule has 0 saturated heterocycles. The van der Waals surface area contributed by atoms with Crippen molar-refractivity contribution in [3.8, 4) is 0 Å². The number of halogens is 8. The lowest BCUT2D eigenvalue weighted by Gasteiger charge is -2.40. The van der Waals surface area contributed by atoms with E-state index in [0.29, 0.717) is 11.1 Å². The van der Waals surface area contributed by atoms with Crippen molar-refractivity contribution in [3.63, 3.8) is 0 Å². The predicted molar refractivity (Wildman–Crippen MR) is 108 cm³/mol. The summed E-state index contributed by atoms with van der Waals surface area (Å²) in [5.74, 6) is -3.73. The first-order chi connectivity index (χ1) is 15.6. The van der Waals surface area contributed by atoms with Gasteiger partial charge in [-0.1, -0.05) is 12.1 Å². The zero-order chi connectivity index (χ0) is 25.4. The summed E-state index contributed by atoms with van der Waals surface area (Å²) in [6, 6.07) is 5.28. The Bertz CT molecular complexity index is 1020. The lowest BCUT2D eigenvalue weighted by molar-refractivity contribution is -0.137. The normalized spacial score (nSPS) is 17.9. The van der Waals surface area contributed by atoms with Gasteiger partial charge in [-0.2, -0.15) is 26.3 Å². The number of hydrogen-bond acceptors (Lipinski definition) is 2. The number of aryl methyl sites for hydroxylation is 1. The second-order valence-electron chi connectivity index (χ2n) is 8.68. The predicted octanol–water partition coefficient (Wildman–Crippen LogP) is 6.39. The van der Waals surface area contributed by atoms with E-state index in [1.165, 1.54) is 19.2 Å². The van der Waals surface area contributed by atoms with Crippen molar-refractivity contribution in [2.45, 2.75) is 62.7 Å². The zero-order valence-corrected chi connectivity index (χ0v) is 18.1. The number of amides is 1. The number of benzene rings is 1. The van der Waals surface area contributed by atoms with Crippen molar-refractivity contribution in [1.82, 2.24) is 10.3 Å². The third-order valence-electron chi connectivity index (χ3n) is 6.15. The molecule has 1 N–H and O–H groups in total. The SMILES string of the molecule is Cc1ccc(C(F)(F)F)cc1C(=O)NCC1(c2ccc(CC(F)(F)F)nc2)CCC(F)(F)CC1. The number of alkyl halides is 8. The highest BCUT2D eigenvalue weighted by Gasteiger charge is 2.45.